The molecule has 0 radical (unpaired) electrons. The van der Waals surface area contributed by atoms with Crippen molar-refractivity contribution in [1.29, 1.82) is 0 Å². The average Bonchev–Trinajstić information content (AvgIpc) is 3.44. The van der Waals surface area contributed by atoms with Gasteiger partial charge >= 0.3 is 0 Å². The number of aromatic nitrogens is 4. The van der Waals surface area contributed by atoms with Crippen LogP contribution < -0.4 is 4.74 Å². The number of halogens is 2. The van der Waals surface area contributed by atoms with Crippen molar-refractivity contribution in [3.63, 3.8) is 0 Å². The number of rotatable bonds is 9. The molecule has 10 heteroatoms. The summed E-state index contributed by atoms with van der Waals surface area (Å²) >= 11 is 3.03. The summed E-state index contributed by atoms with van der Waals surface area (Å²) in [4.78, 5) is 6.67. The van der Waals surface area contributed by atoms with E-state index in [4.69, 9.17) is 4.74 Å². The number of hydrogen-bond donors (Lipinski definition) is 0. The zero-order chi connectivity index (χ0) is 23.4. The van der Waals surface area contributed by atoms with Gasteiger partial charge in [0, 0.05) is 16.8 Å². The fraction of sp³-hybridized carbons (Fsp3) is 0.261. The van der Waals surface area contributed by atoms with Crippen molar-refractivity contribution in [2.75, 3.05) is 14.1 Å². The second-order valence-corrected chi connectivity index (χ2v) is 9.44. The molecule has 4 rings (SSSR count). The topological polar surface area (TPSA) is 56.1 Å². The van der Waals surface area contributed by atoms with E-state index in [2.05, 4.69) is 15.2 Å². The molecule has 1 atom stereocenters. The first-order chi connectivity index (χ1) is 15.9. The van der Waals surface area contributed by atoms with Crippen LogP contribution in [0.2, 0.25) is 0 Å². The van der Waals surface area contributed by atoms with Crippen molar-refractivity contribution >= 4 is 23.1 Å². The normalized spacial score (nSPS) is 12.3. The molecular formula is C23H23F2N5OS2. The zero-order valence-electron chi connectivity index (χ0n) is 18.4. The highest BCUT2D eigenvalue weighted by Crippen LogP contribution is 2.29. The summed E-state index contributed by atoms with van der Waals surface area (Å²) < 4.78 is 34.1. The van der Waals surface area contributed by atoms with Gasteiger partial charge in [-0.25, -0.2) is 13.8 Å². The number of thioether (sulfide) groups is 1. The molecule has 4 aromatic rings. The molecule has 6 nitrogen and oxygen atoms in total. The highest BCUT2D eigenvalue weighted by Gasteiger charge is 2.21. The summed E-state index contributed by atoms with van der Waals surface area (Å²) in [5, 5.41) is 12.3. The Morgan fingerprint density at radius 3 is 2.36 bits per heavy atom. The third-order valence-electron chi connectivity index (χ3n) is 5.02. The quantitative estimate of drug-likeness (QED) is 0.291. The molecule has 2 aromatic carbocycles. The van der Waals surface area contributed by atoms with Gasteiger partial charge in [0.2, 0.25) is 0 Å². The van der Waals surface area contributed by atoms with Crippen LogP contribution in [-0.2, 0) is 12.4 Å². The number of nitrogens with zero attached hydrogens (tertiary/aromatic N) is 5. The van der Waals surface area contributed by atoms with E-state index in [0.717, 1.165) is 22.2 Å². The monoisotopic (exact) mass is 487 g/mol. The Morgan fingerprint density at radius 1 is 1.03 bits per heavy atom. The predicted octanol–water partition coefficient (Wildman–Crippen LogP) is 5.50. The molecule has 0 aliphatic rings. The van der Waals surface area contributed by atoms with E-state index in [1.807, 2.05) is 35.9 Å². The number of ether oxygens (including phenoxy) is 1. The molecule has 33 heavy (non-hydrogen) atoms. The standard InChI is InChI=1S/C23H23F2N5OS2/c1-15(29(2)3)22-27-28-23(30(22)19-8-4-16(24)5-9-19)33-14-18-13-32-21(26-18)12-31-20-10-6-17(25)7-11-20/h4-11,13,15H,12,14H2,1-3H3. The van der Waals surface area contributed by atoms with E-state index in [-0.39, 0.29) is 17.7 Å². The van der Waals surface area contributed by atoms with E-state index < -0.39 is 0 Å². The number of hydrogen-bond acceptors (Lipinski definition) is 7. The van der Waals surface area contributed by atoms with Crippen LogP contribution >= 0.6 is 23.1 Å². The molecule has 172 valence electrons. The predicted molar refractivity (Wildman–Crippen MR) is 126 cm³/mol. The van der Waals surface area contributed by atoms with E-state index in [1.165, 1.54) is 47.4 Å². The van der Waals surface area contributed by atoms with Crippen LogP contribution in [0, 0.1) is 11.6 Å². The second-order valence-electron chi connectivity index (χ2n) is 7.56. The minimum atomic E-state index is -0.299. The third kappa shape index (κ3) is 5.76. The van der Waals surface area contributed by atoms with Gasteiger partial charge in [-0.3, -0.25) is 9.47 Å². The number of thiazole rings is 1. The molecule has 0 aliphatic carbocycles. The van der Waals surface area contributed by atoms with Crippen LogP contribution in [0.25, 0.3) is 5.69 Å². The molecule has 0 amide bonds. The summed E-state index contributed by atoms with van der Waals surface area (Å²) in [6.45, 7) is 2.36. The van der Waals surface area contributed by atoms with Crippen molar-refractivity contribution in [2.45, 2.75) is 30.5 Å². The molecule has 0 fully saturated rings. The van der Waals surface area contributed by atoms with Crippen molar-refractivity contribution in [3.05, 3.63) is 82.1 Å². The van der Waals surface area contributed by atoms with Gasteiger partial charge in [0.15, 0.2) is 11.0 Å². The van der Waals surface area contributed by atoms with Gasteiger partial charge in [0.25, 0.3) is 0 Å². The Hall–Kier alpha value is -2.82. The van der Waals surface area contributed by atoms with Gasteiger partial charge in [0.1, 0.15) is 29.0 Å². The lowest BCUT2D eigenvalue weighted by molar-refractivity contribution is 0.305. The summed E-state index contributed by atoms with van der Waals surface area (Å²) in [6, 6.07) is 12.2. The molecule has 0 spiro atoms. The number of benzene rings is 2. The fourth-order valence-corrected chi connectivity index (χ4v) is 4.67. The summed E-state index contributed by atoms with van der Waals surface area (Å²) in [5.74, 6) is 1.38. The highest BCUT2D eigenvalue weighted by atomic mass is 32.2. The third-order valence-corrected chi connectivity index (χ3v) is 6.85. The smallest absolute Gasteiger partial charge is 0.196 e. The molecule has 1 unspecified atom stereocenters. The Kier molecular flexibility index (Phi) is 7.36. The van der Waals surface area contributed by atoms with E-state index in [0.29, 0.717) is 23.3 Å². The van der Waals surface area contributed by atoms with E-state index in [1.54, 1.807) is 24.3 Å². The van der Waals surface area contributed by atoms with E-state index in [9.17, 15) is 8.78 Å². The molecule has 0 N–H and O–H groups in total. The van der Waals surface area contributed by atoms with Crippen molar-refractivity contribution in [1.82, 2.24) is 24.6 Å². The van der Waals surface area contributed by atoms with Crippen molar-refractivity contribution < 1.29 is 13.5 Å². The Labute approximate surface area is 199 Å². The summed E-state index contributed by atoms with van der Waals surface area (Å²) in [7, 11) is 3.96. The molecule has 0 aliphatic heterocycles. The lowest BCUT2D eigenvalue weighted by Gasteiger charge is -2.20. The first kappa shape index (κ1) is 23.3. The minimum Gasteiger partial charge on any atom is -0.486 e. The molecular weight excluding hydrogens is 464 g/mol. The Balaban J connectivity index is 1.47. The largest absolute Gasteiger partial charge is 0.486 e. The van der Waals surface area contributed by atoms with Crippen LogP contribution in [0.3, 0.4) is 0 Å². The Morgan fingerprint density at radius 2 is 1.70 bits per heavy atom. The van der Waals surface area contributed by atoms with E-state index >= 15 is 0 Å². The van der Waals surface area contributed by atoms with Gasteiger partial charge in [-0.05, 0) is 69.6 Å². The molecule has 2 heterocycles. The first-order valence-corrected chi connectivity index (χ1v) is 12.1. The van der Waals surface area contributed by atoms with Gasteiger partial charge in [-0.1, -0.05) is 11.8 Å². The lowest BCUT2D eigenvalue weighted by Crippen LogP contribution is -2.20. The van der Waals surface area contributed by atoms with Gasteiger partial charge in [0.05, 0.1) is 11.7 Å². The van der Waals surface area contributed by atoms with Crippen LogP contribution in [0.4, 0.5) is 8.78 Å². The molecule has 0 saturated heterocycles. The molecule has 0 saturated carbocycles. The SMILES string of the molecule is CC(c1nnc(SCc2csc(COc3ccc(F)cc3)n2)n1-c1ccc(F)cc1)N(C)C. The van der Waals surface area contributed by atoms with Crippen LogP contribution in [0.1, 0.15) is 29.5 Å². The summed E-state index contributed by atoms with van der Waals surface area (Å²) in [5.41, 5.74) is 1.71. The minimum absolute atomic E-state index is 0.0198. The summed E-state index contributed by atoms with van der Waals surface area (Å²) in [6.07, 6.45) is 0. The van der Waals surface area contributed by atoms with Crippen LogP contribution in [-0.4, -0.2) is 38.7 Å². The van der Waals surface area contributed by atoms with Gasteiger partial charge in [-0.2, -0.15) is 0 Å². The van der Waals surface area contributed by atoms with Crippen LogP contribution in [0.15, 0.2) is 59.1 Å². The zero-order valence-corrected chi connectivity index (χ0v) is 20.0. The maximum atomic E-state index is 13.5. The molecule has 0 bridgehead atoms. The van der Waals surface area contributed by atoms with Crippen LogP contribution in [0.5, 0.6) is 5.75 Å². The van der Waals surface area contributed by atoms with Gasteiger partial charge in [-0.15, -0.1) is 21.5 Å². The second kappa shape index (κ2) is 10.4. The highest BCUT2D eigenvalue weighted by molar-refractivity contribution is 7.98. The fourth-order valence-electron chi connectivity index (χ4n) is 3.00. The van der Waals surface area contributed by atoms with Crippen molar-refractivity contribution in [3.8, 4) is 11.4 Å². The molecule has 2 aromatic heterocycles. The van der Waals surface area contributed by atoms with Gasteiger partial charge < -0.3 is 4.74 Å². The maximum Gasteiger partial charge on any atom is 0.196 e. The maximum absolute atomic E-state index is 13.5. The lowest BCUT2D eigenvalue weighted by atomic mass is 10.2. The average molecular weight is 488 g/mol. The Bertz CT molecular complexity index is 1190. The first-order valence-electron chi connectivity index (χ1n) is 10.2. The van der Waals surface area contributed by atoms with Crippen molar-refractivity contribution in [2.24, 2.45) is 0 Å².